The molecule has 0 unspecified atom stereocenters. The van der Waals surface area contributed by atoms with Crippen LogP contribution < -0.4 is 9.62 Å². The van der Waals surface area contributed by atoms with Gasteiger partial charge in [0, 0.05) is 6.54 Å². The lowest BCUT2D eigenvalue weighted by molar-refractivity contribution is -0.119. The molecule has 2 aromatic rings. The Hall–Kier alpha value is -2.34. The molecule has 0 aliphatic rings. The maximum absolute atomic E-state index is 13.2. The number of hydrogen-bond donors (Lipinski definition) is 1. The van der Waals surface area contributed by atoms with Gasteiger partial charge < -0.3 is 5.32 Å². The normalized spacial score (nSPS) is 11.2. The standard InChI is InChI=1S/C21H28N2O3S/c1-4-5-9-14-22-21(24)16-23(20-13-12-17(2)15-18(20)3)27(25,26)19-10-7-6-8-11-19/h6-8,10-13,15H,4-5,9,14,16H2,1-3H3,(H,22,24). The molecule has 0 spiro atoms. The van der Waals surface area contributed by atoms with E-state index in [1.54, 1.807) is 36.4 Å². The zero-order valence-electron chi connectivity index (χ0n) is 16.2. The van der Waals surface area contributed by atoms with Crippen molar-refractivity contribution in [2.24, 2.45) is 0 Å². The fourth-order valence-corrected chi connectivity index (χ4v) is 4.40. The quantitative estimate of drug-likeness (QED) is 0.665. The van der Waals surface area contributed by atoms with E-state index < -0.39 is 10.0 Å². The highest BCUT2D eigenvalue weighted by atomic mass is 32.2. The maximum atomic E-state index is 13.2. The summed E-state index contributed by atoms with van der Waals surface area (Å²) in [5.74, 6) is -0.300. The van der Waals surface area contributed by atoms with E-state index >= 15 is 0 Å². The number of rotatable bonds is 9. The highest BCUT2D eigenvalue weighted by Crippen LogP contribution is 2.27. The number of hydrogen-bond acceptors (Lipinski definition) is 3. The monoisotopic (exact) mass is 388 g/mol. The van der Waals surface area contributed by atoms with Crippen LogP contribution in [0, 0.1) is 13.8 Å². The predicted octanol–water partition coefficient (Wildman–Crippen LogP) is 3.81. The van der Waals surface area contributed by atoms with Gasteiger partial charge in [0.25, 0.3) is 10.0 Å². The molecule has 5 nitrogen and oxygen atoms in total. The average Bonchev–Trinajstić information content (AvgIpc) is 2.64. The molecule has 146 valence electrons. The third-order valence-electron chi connectivity index (χ3n) is 4.34. The molecule has 0 heterocycles. The van der Waals surface area contributed by atoms with Crippen molar-refractivity contribution in [3.05, 3.63) is 59.7 Å². The number of nitrogens with one attached hydrogen (secondary N) is 1. The molecule has 0 aromatic heterocycles. The van der Waals surface area contributed by atoms with Gasteiger partial charge in [-0.25, -0.2) is 8.42 Å². The first kappa shape index (κ1) is 21.0. The van der Waals surface area contributed by atoms with E-state index in [9.17, 15) is 13.2 Å². The lowest BCUT2D eigenvalue weighted by Gasteiger charge is -2.26. The van der Waals surface area contributed by atoms with Crippen LogP contribution in [0.4, 0.5) is 5.69 Å². The number of aryl methyl sites for hydroxylation is 2. The summed E-state index contributed by atoms with van der Waals surface area (Å²) in [6.07, 6.45) is 2.98. The summed E-state index contributed by atoms with van der Waals surface area (Å²) in [6.45, 7) is 6.21. The van der Waals surface area contributed by atoms with Gasteiger partial charge in [0.1, 0.15) is 6.54 Å². The van der Waals surface area contributed by atoms with Crippen LogP contribution in [0.5, 0.6) is 0 Å². The van der Waals surface area contributed by atoms with Crippen LogP contribution in [0.1, 0.15) is 37.3 Å². The number of sulfonamides is 1. The third-order valence-corrected chi connectivity index (χ3v) is 6.12. The van der Waals surface area contributed by atoms with E-state index in [2.05, 4.69) is 12.2 Å². The van der Waals surface area contributed by atoms with Gasteiger partial charge >= 0.3 is 0 Å². The van der Waals surface area contributed by atoms with Crippen LogP contribution in [0.2, 0.25) is 0 Å². The van der Waals surface area contributed by atoms with E-state index in [0.717, 1.165) is 30.4 Å². The number of anilines is 1. The molecule has 0 saturated heterocycles. The van der Waals surface area contributed by atoms with Gasteiger partial charge in [-0.15, -0.1) is 0 Å². The molecule has 1 amide bonds. The molecule has 0 saturated carbocycles. The van der Waals surface area contributed by atoms with Crippen molar-refractivity contribution in [1.82, 2.24) is 5.32 Å². The number of carbonyl (C=O) groups is 1. The van der Waals surface area contributed by atoms with E-state index in [4.69, 9.17) is 0 Å². The van der Waals surface area contributed by atoms with Gasteiger partial charge in [0.05, 0.1) is 10.6 Å². The van der Waals surface area contributed by atoms with Crippen molar-refractivity contribution in [2.75, 3.05) is 17.4 Å². The van der Waals surface area contributed by atoms with Crippen LogP contribution in [0.3, 0.4) is 0 Å². The van der Waals surface area contributed by atoms with Gasteiger partial charge in [0.2, 0.25) is 5.91 Å². The van der Waals surface area contributed by atoms with Gasteiger partial charge in [0.15, 0.2) is 0 Å². The molecule has 0 radical (unpaired) electrons. The molecular weight excluding hydrogens is 360 g/mol. The summed E-state index contributed by atoms with van der Waals surface area (Å²) in [5.41, 5.74) is 2.37. The number of carbonyl (C=O) groups excluding carboxylic acids is 1. The number of nitrogens with zero attached hydrogens (tertiary/aromatic N) is 1. The Morgan fingerprint density at radius 2 is 1.74 bits per heavy atom. The highest BCUT2D eigenvalue weighted by molar-refractivity contribution is 7.92. The molecule has 0 aliphatic carbocycles. The van der Waals surface area contributed by atoms with Gasteiger partial charge in [-0.2, -0.15) is 0 Å². The number of benzene rings is 2. The van der Waals surface area contributed by atoms with Gasteiger partial charge in [-0.05, 0) is 44.0 Å². The molecular formula is C21H28N2O3S. The summed E-state index contributed by atoms with van der Waals surface area (Å²) in [6, 6.07) is 13.7. The molecule has 0 fully saturated rings. The largest absolute Gasteiger partial charge is 0.355 e. The second-order valence-corrected chi connectivity index (χ2v) is 8.53. The molecule has 27 heavy (non-hydrogen) atoms. The topological polar surface area (TPSA) is 66.5 Å². The Morgan fingerprint density at radius 3 is 2.37 bits per heavy atom. The highest BCUT2D eigenvalue weighted by Gasteiger charge is 2.28. The van der Waals surface area contributed by atoms with Crippen molar-refractivity contribution < 1.29 is 13.2 Å². The third kappa shape index (κ3) is 5.57. The second kappa shape index (κ2) is 9.55. The summed E-state index contributed by atoms with van der Waals surface area (Å²) in [7, 11) is -3.85. The first-order valence-corrected chi connectivity index (χ1v) is 10.7. The molecule has 6 heteroatoms. The summed E-state index contributed by atoms with van der Waals surface area (Å²) >= 11 is 0. The Kier molecular flexibility index (Phi) is 7.42. The van der Waals surface area contributed by atoms with Crippen LogP contribution in [-0.2, 0) is 14.8 Å². The van der Waals surface area contributed by atoms with Crippen LogP contribution >= 0.6 is 0 Å². The molecule has 2 aromatic carbocycles. The zero-order chi connectivity index (χ0) is 19.9. The predicted molar refractivity (Wildman–Crippen MR) is 109 cm³/mol. The molecule has 1 N–H and O–H groups in total. The van der Waals surface area contributed by atoms with E-state index in [0.29, 0.717) is 12.2 Å². The lowest BCUT2D eigenvalue weighted by Crippen LogP contribution is -2.41. The maximum Gasteiger partial charge on any atom is 0.264 e. The minimum atomic E-state index is -3.85. The summed E-state index contributed by atoms with van der Waals surface area (Å²) in [5, 5.41) is 2.83. The summed E-state index contributed by atoms with van der Waals surface area (Å²) < 4.78 is 27.7. The fourth-order valence-electron chi connectivity index (χ4n) is 2.89. The Labute approximate surface area is 162 Å². The average molecular weight is 389 g/mol. The van der Waals surface area contributed by atoms with Crippen molar-refractivity contribution >= 4 is 21.6 Å². The Morgan fingerprint density at radius 1 is 1.04 bits per heavy atom. The van der Waals surface area contributed by atoms with Crippen molar-refractivity contribution in [3.63, 3.8) is 0 Å². The van der Waals surface area contributed by atoms with Gasteiger partial charge in [-0.3, -0.25) is 9.10 Å². The molecule has 0 aliphatic heterocycles. The van der Waals surface area contributed by atoms with Crippen LogP contribution in [0.15, 0.2) is 53.4 Å². The smallest absolute Gasteiger partial charge is 0.264 e. The minimum Gasteiger partial charge on any atom is -0.355 e. The Bertz CT molecular complexity index is 864. The van der Waals surface area contributed by atoms with Crippen molar-refractivity contribution in [2.45, 2.75) is 44.9 Å². The van der Waals surface area contributed by atoms with Crippen LogP contribution in [0.25, 0.3) is 0 Å². The van der Waals surface area contributed by atoms with Gasteiger partial charge in [-0.1, -0.05) is 55.7 Å². The van der Waals surface area contributed by atoms with E-state index in [1.807, 2.05) is 26.0 Å². The first-order valence-electron chi connectivity index (χ1n) is 9.28. The number of amides is 1. The zero-order valence-corrected chi connectivity index (χ0v) is 17.1. The second-order valence-electron chi connectivity index (χ2n) is 6.67. The molecule has 2 rings (SSSR count). The van der Waals surface area contributed by atoms with E-state index in [1.165, 1.54) is 4.31 Å². The Balaban J connectivity index is 2.33. The van der Waals surface area contributed by atoms with Crippen molar-refractivity contribution in [1.29, 1.82) is 0 Å². The first-order chi connectivity index (χ1) is 12.9. The SMILES string of the molecule is CCCCCNC(=O)CN(c1ccc(C)cc1C)S(=O)(=O)c1ccccc1. The minimum absolute atomic E-state index is 0.170. The molecule has 0 atom stereocenters. The van der Waals surface area contributed by atoms with Crippen molar-refractivity contribution in [3.8, 4) is 0 Å². The number of unbranched alkanes of at least 4 members (excludes halogenated alkanes) is 2. The summed E-state index contributed by atoms with van der Waals surface area (Å²) in [4.78, 5) is 12.6. The van der Waals surface area contributed by atoms with E-state index in [-0.39, 0.29) is 17.3 Å². The lowest BCUT2D eigenvalue weighted by atomic mass is 10.1. The van der Waals surface area contributed by atoms with Crippen LogP contribution in [-0.4, -0.2) is 27.4 Å². The molecule has 0 bridgehead atoms. The fraction of sp³-hybridized carbons (Fsp3) is 0.381.